The summed E-state index contributed by atoms with van der Waals surface area (Å²) in [4.78, 5) is 24.3. The molecule has 0 unspecified atom stereocenters. The molecule has 0 spiro atoms. The number of fused-ring (bicyclic) bond motifs is 1. The lowest BCUT2D eigenvalue weighted by atomic mass is 10.1. The molecule has 0 radical (unpaired) electrons. The van der Waals surface area contributed by atoms with Gasteiger partial charge >= 0.3 is 5.97 Å². The molecule has 0 saturated heterocycles. The van der Waals surface area contributed by atoms with Crippen molar-refractivity contribution in [2.75, 3.05) is 18.5 Å². The molecule has 0 bridgehead atoms. The van der Waals surface area contributed by atoms with E-state index in [4.69, 9.17) is 13.9 Å². The summed E-state index contributed by atoms with van der Waals surface area (Å²) in [5.41, 5.74) is 0.370. The van der Waals surface area contributed by atoms with Crippen molar-refractivity contribution < 1.29 is 32.3 Å². The van der Waals surface area contributed by atoms with Crippen LogP contribution in [0.15, 0.2) is 46.9 Å². The molecule has 1 heterocycles. The van der Waals surface area contributed by atoms with Crippen molar-refractivity contribution in [2.24, 2.45) is 0 Å². The van der Waals surface area contributed by atoms with E-state index in [2.05, 4.69) is 0 Å². The molecule has 6 nitrogen and oxygen atoms in total. The van der Waals surface area contributed by atoms with E-state index in [-0.39, 0.29) is 12.4 Å². The van der Waals surface area contributed by atoms with Crippen molar-refractivity contribution in [1.29, 1.82) is 0 Å². The Bertz CT molecular complexity index is 995. The third kappa shape index (κ3) is 4.17. The van der Waals surface area contributed by atoms with Crippen molar-refractivity contribution >= 4 is 28.5 Å². The number of nitrogens with one attached hydrogen (secondary N) is 1. The lowest BCUT2D eigenvalue weighted by molar-refractivity contribution is -0.119. The van der Waals surface area contributed by atoms with Gasteiger partial charge in [-0.15, -0.1) is 0 Å². The lowest BCUT2D eigenvalue weighted by Gasteiger charge is -2.08. The second-order valence-electron chi connectivity index (χ2n) is 5.76. The zero-order valence-electron chi connectivity index (χ0n) is 15.0. The first-order valence-electron chi connectivity index (χ1n) is 8.50. The molecule has 1 N–H and O–H groups in total. The minimum absolute atomic E-state index is 0.0838. The molecular weight excluding hydrogens is 372 g/mol. The van der Waals surface area contributed by atoms with E-state index in [1.54, 1.807) is 24.3 Å². The zero-order valence-corrected chi connectivity index (χ0v) is 15.0. The summed E-state index contributed by atoms with van der Waals surface area (Å²) in [7, 11) is 0. The van der Waals surface area contributed by atoms with Crippen LogP contribution in [-0.4, -0.2) is 25.1 Å². The first kappa shape index (κ1) is 19.5. The van der Waals surface area contributed by atoms with E-state index >= 15 is 0 Å². The maximum atomic E-state index is 13.6. The number of ether oxygens (including phenoxy) is 2. The highest BCUT2D eigenvalue weighted by molar-refractivity contribution is 5.98. The second kappa shape index (κ2) is 8.62. The van der Waals surface area contributed by atoms with Gasteiger partial charge in [-0.1, -0.05) is 24.3 Å². The van der Waals surface area contributed by atoms with Crippen LogP contribution in [0.3, 0.4) is 0 Å². The highest BCUT2D eigenvalue weighted by atomic mass is 19.1. The van der Waals surface area contributed by atoms with Gasteiger partial charge in [0.25, 0.3) is 5.91 Å². The SMILES string of the molecule is CCOCc1c(C(=O)OCC(=O)Nc2c(F)cccc2F)oc2ccccc12. The van der Waals surface area contributed by atoms with Crippen LogP contribution in [0.4, 0.5) is 14.5 Å². The van der Waals surface area contributed by atoms with E-state index < -0.39 is 35.8 Å². The van der Waals surface area contributed by atoms with Gasteiger partial charge in [-0.3, -0.25) is 4.79 Å². The fraction of sp³-hybridized carbons (Fsp3) is 0.200. The zero-order chi connectivity index (χ0) is 20.1. The number of furan rings is 1. The van der Waals surface area contributed by atoms with Crippen LogP contribution >= 0.6 is 0 Å². The Morgan fingerprint density at radius 2 is 1.79 bits per heavy atom. The number of rotatable bonds is 7. The number of para-hydroxylation sites is 2. The smallest absolute Gasteiger partial charge is 0.375 e. The summed E-state index contributed by atoms with van der Waals surface area (Å²) in [5.74, 6) is -3.72. The van der Waals surface area contributed by atoms with Crippen molar-refractivity contribution in [3.8, 4) is 0 Å². The Balaban J connectivity index is 1.72. The molecule has 1 aromatic heterocycles. The molecule has 0 aliphatic rings. The molecule has 3 rings (SSSR count). The molecule has 8 heteroatoms. The molecule has 0 aliphatic carbocycles. The number of benzene rings is 2. The molecule has 3 aromatic rings. The van der Waals surface area contributed by atoms with E-state index in [1.165, 1.54) is 6.07 Å². The van der Waals surface area contributed by atoms with Gasteiger partial charge in [-0.05, 0) is 25.1 Å². The van der Waals surface area contributed by atoms with E-state index in [0.717, 1.165) is 12.1 Å². The number of hydrogen-bond donors (Lipinski definition) is 1. The van der Waals surface area contributed by atoms with Gasteiger partial charge in [0.1, 0.15) is 22.9 Å². The predicted octanol–water partition coefficient (Wildman–Crippen LogP) is 4.04. The normalized spacial score (nSPS) is 10.8. The van der Waals surface area contributed by atoms with Crippen molar-refractivity contribution in [3.05, 3.63) is 65.4 Å². The van der Waals surface area contributed by atoms with Crippen molar-refractivity contribution in [2.45, 2.75) is 13.5 Å². The summed E-state index contributed by atoms with van der Waals surface area (Å²) >= 11 is 0. The summed E-state index contributed by atoms with van der Waals surface area (Å²) in [5, 5.41) is 2.73. The quantitative estimate of drug-likeness (QED) is 0.617. The molecule has 28 heavy (non-hydrogen) atoms. The maximum absolute atomic E-state index is 13.6. The molecule has 0 saturated carbocycles. The fourth-order valence-electron chi connectivity index (χ4n) is 2.60. The van der Waals surface area contributed by atoms with Crippen LogP contribution in [0.1, 0.15) is 23.0 Å². The van der Waals surface area contributed by atoms with Crippen LogP contribution in [0.5, 0.6) is 0 Å². The van der Waals surface area contributed by atoms with E-state index in [0.29, 0.717) is 23.1 Å². The molecule has 1 amide bonds. The summed E-state index contributed by atoms with van der Waals surface area (Å²) in [6.07, 6.45) is 0. The fourth-order valence-corrected chi connectivity index (χ4v) is 2.60. The summed E-state index contributed by atoms with van der Waals surface area (Å²) in [6.45, 7) is 1.64. The Morgan fingerprint density at radius 3 is 2.50 bits per heavy atom. The van der Waals surface area contributed by atoms with E-state index in [9.17, 15) is 18.4 Å². The molecule has 2 aromatic carbocycles. The Kier molecular flexibility index (Phi) is 6.00. The molecule has 0 atom stereocenters. The predicted molar refractivity (Wildman–Crippen MR) is 96.8 cm³/mol. The minimum atomic E-state index is -0.934. The third-order valence-corrected chi connectivity index (χ3v) is 3.90. The highest BCUT2D eigenvalue weighted by Crippen LogP contribution is 2.27. The standard InChI is InChI=1S/C20H17F2NO5/c1-2-26-10-13-12-6-3-4-9-16(12)28-19(13)20(25)27-11-17(24)23-18-14(21)7-5-8-15(18)22/h3-9H,2,10-11H2,1H3,(H,23,24). The molecule has 0 aliphatic heterocycles. The number of esters is 1. The average molecular weight is 389 g/mol. The summed E-state index contributed by atoms with van der Waals surface area (Å²) in [6, 6.07) is 10.2. The van der Waals surface area contributed by atoms with Gasteiger partial charge in [0.2, 0.25) is 5.76 Å². The number of hydrogen-bond acceptors (Lipinski definition) is 5. The van der Waals surface area contributed by atoms with Crippen LogP contribution in [-0.2, 0) is 20.9 Å². The summed E-state index contributed by atoms with van der Waals surface area (Å²) < 4.78 is 43.0. The molecular formula is C20H17F2NO5. The van der Waals surface area contributed by atoms with Gasteiger partial charge < -0.3 is 19.2 Å². The van der Waals surface area contributed by atoms with Crippen LogP contribution < -0.4 is 5.32 Å². The number of amides is 1. The molecule has 0 fully saturated rings. The third-order valence-electron chi connectivity index (χ3n) is 3.90. The maximum Gasteiger partial charge on any atom is 0.375 e. The number of carbonyl (C=O) groups is 2. The number of anilines is 1. The number of halogens is 2. The first-order valence-corrected chi connectivity index (χ1v) is 8.50. The van der Waals surface area contributed by atoms with Crippen molar-refractivity contribution in [3.63, 3.8) is 0 Å². The van der Waals surface area contributed by atoms with Crippen molar-refractivity contribution in [1.82, 2.24) is 0 Å². The van der Waals surface area contributed by atoms with Gasteiger partial charge in [0.05, 0.1) is 6.61 Å². The van der Waals surface area contributed by atoms with Gasteiger partial charge in [-0.25, -0.2) is 13.6 Å². The Labute approximate surface area is 159 Å². The lowest BCUT2D eigenvalue weighted by Crippen LogP contribution is -2.22. The van der Waals surface area contributed by atoms with Gasteiger partial charge in [0, 0.05) is 17.6 Å². The number of carbonyl (C=O) groups excluding carboxylic acids is 2. The van der Waals surface area contributed by atoms with Crippen LogP contribution in [0.25, 0.3) is 11.0 Å². The van der Waals surface area contributed by atoms with Crippen LogP contribution in [0, 0.1) is 11.6 Å². The first-order chi connectivity index (χ1) is 13.5. The van der Waals surface area contributed by atoms with E-state index in [1.807, 2.05) is 12.2 Å². The highest BCUT2D eigenvalue weighted by Gasteiger charge is 2.23. The minimum Gasteiger partial charge on any atom is -0.450 e. The van der Waals surface area contributed by atoms with Gasteiger partial charge in [0.15, 0.2) is 6.61 Å². The van der Waals surface area contributed by atoms with Gasteiger partial charge in [-0.2, -0.15) is 0 Å². The Hall–Kier alpha value is -3.26. The second-order valence-corrected chi connectivity index (χ2v) is 5.76. The molecule has 146 valence electrons. The Morgan fingerprint density at radius 1 is 1.07 bits per heavy atom. The average Bonchev–Trinajstić information content (AvgIpc) is 3.06. The monoisotopic (exact) mass is 389 g/mol. The largest absolute Gasteiger partial charge is 0.450 e. The topological polar surface area (TPSA) is 77.8 Å². The van der Waals surface area contributed by atoms with Crippen LogP contribution in [0.2, 0.25) is 0 Å².